The predicted octanol–water partition coefficient (Wildman–Crippen LogP) is 4.55. The van der Waals surface area contributed by atoms with Crippen LogP contribution in [0.3, 0.4) is 0 Å². The van der Waals surface area contributed by atoms with E-state index in [0.717, 1.165) is 24.4 Å². The summed E-state index contributed by atoms with van der Waals surface area (Å²) in [6.45, 7) is 5.90. The molecule has 0 bridgehead atoms. The fraction of sp³-hybridized carbons (Fsp3) is 0.250. The molecule has 2 nitrogen and oxygen atoms in total. The largest absolute Gasteiger partial charge is 0.456 e. The summed E-state index contributed by atoms with van der Waals surface area (Å²) in [5.41, 5.74) is 2.33. The fourth-order valence-electron chi connectivity index (χ4n) is 1.80. The van der Waals surface area contributed by atoms with E-state index >= 15 is 0 Å². The second-order valence-corrected chi connectivity index (χ2v) is 4.87. The Labute approximate surface area is 119 Å². The topological polar surface area (TPSA) is 21.3 Å². The third-order valence-electron chi connectivity index (χ3n) is 2.79. The van der Waals surface area contributed by atoms with Gasteiger partial charge in [0.15, 0.2) is 0 Å². The molecule has 2 aromatic carbocycles. The van der Waals surface area contributed by atoms with E-state index in [1.165, 1.54) is 5.56 Å². The Bertz CT molecular complexity index is 554. The van der Waals surface area contributed by atoms with Crippen LogP contribution in [-0.4, -0.2) is 6.54 Å². The minimum Gasteiger partial charge on any atom is -0.456 e. The number of aryl methyl sites for hydroxylation is 1. The highest BCUT2D eigenvalue weighted by Gasteiger charge is 2.04. The molecule has 0 heterocycles. The monoisotopic (exact) mass is 275 g/mol. The molecule has 100 valence electrons. The first-order valence-electron chi connectivity index (χ1n) is 6.42. The highest BCUT2D eigenvalue weighted by Crippen LogP contribution is 2.30. The van der Waals surface area contributed by atoms with Crippen LogP contribution in [0.1, 0.15) is 18.1 Å². The lowest BCUT2D eigenvalue weighted by Crippen LogP contribution is -2.11. The van der Waals surface area contributed by atoms with Crippen molar-refractivity contribution in [2.75, 3.05) is 6.54 Å². The molecule has 0 spiro atoms. The van der Waals surface area contributed by atoms with E-state index in [1.54, 1.807) is 0 Å². The van der Waals surface area contributed by atoms with E-state index in [-0.39, 0.29) is 0 Å². The van der Waals surface area contributed by atoms with Crippen molar-refractivity contribution in [3.63, 3.8) is 0 Å². The van der Waals surface area contributed by atoms with Crippen LogP contribution in [0.25, 0.3) is 0 Å². The Morgan fingerprint density at radius 1 is 1.16 bits per heavy atom. The molecule has 0 radical (unpaired) electrons. The quantitative estimate of drug-likeness (QED) is 0.864. The van der Waals surface area contributed by atoms with Crippen LogP contribution in [0, 0.1) is 6.92 Å². The van der Waals surface area contributed by atoms with Crippen molar-refractivity contribution in [1.29, 1.82) is 0 Å². The molecule has 0 saturated heterocycles. The standard InChI is InChI=1S/C16H18ClNO/c1-3-18-11-13-5-4-6-14(10-13)19-16-9-12(2)7-8-15(16)17/h4-10,18H,3,11H2,1-2H3. The number of hydrogen-bond acceptors (Lipinski definition) is 2. The number of ether oxygens (including phenoxy) is 1. The Morgan fingerprint density at radius 3 is 2.79 bits per heavy atom. The van der Waals surface area contributed by atoms with Gasteiger partial charge < -0.3 is 10.1 Å². The number of nitrogens with one attached hydrogen (secondary N) is 1. The molecule has 19 heavy (non-hydrogen) atoms. The smallest absolute Gasteiger partial charge is 0.146 e. The van der Waals surface area contributed by atoms with E-state index < -0.39 is 0 Å². The highest BCUT2D eigenvalue weighted by molar-refractivity contribution is 6.32. The number of halogens is 1. The molecule has 3 heteroatoms. The Hall–Kier alpha value is -1.51. The normalized spacial score (nSPS) is 10.5. The van der Waals surface area contributed by atoms with Crippen molar-refractivity contribution in [2.24, 2.45) is 0 Å². The number of rotatable bonds is 5. The van der Waals surface area contributed by atoms with Gasteiger partial charge in [-0.05, 0) is 48.9 Å². The van der Waals surface area contributed by atoms with Crippen molar-refractivity contribution in [2.45, 2.75) is 20.4 Å². The molecule has 0 aliphatic rings. The minimum atomic E-state index is 0.627. The zero-order valence-electron chi connectivity index (χ0n) is 11.2. The second-order valence-electron chi connectivity index (χ2n) is 4.46. The van der Waals surface area contributed by atoms with Gasteiger partial charge in [-0.15, -0.1) is 0 Å². The van der Waals surface area contributed by atoms with Crippen LogP contribution in [0.5, 0.6) is 11.5 Å². The lowest BCUT2D eigenvalue weighted by molar-refractivity contribution is 0.481. The van der Waals surface area contributed by atoms with E-state index in [2.05, 4.69) is 18.3 Å². The van der Waals surface area contributed by atoms with E-state index in [0.29, 0.717) is 10.8 Å². The SMILES string of the molecule is CCNCc1cccc(Oc2cc(C)ccc2Cl)c1. The van der Waals surface area contributed by atoms with Gasteiger partial charge in [-0.25, -0.2) is 0 Å². The summed E-state index contributed by atoms with van der Waals surface area (Å²) in [5.74, 6) is 1.50. The van der Waals surface area contributed by atoms with Gasteiger partial charge >= 0.3 is 0 Å². The van der Waals surface area contributed by atoms with E-state index in [4.69, 9.17) is 16.3 Å². The second kappa shape index (κ2) is 6.60. The molecule has 0 aliphatic carbocycles. The van der Waals surface area contributed by atoms with Crippen LogP contribution in [0.2, 0.25) is 5.02 Å². The molecule has 2 rings (SSSR count). The molecule has 2 aromatic rings. The van der Waals surface area contributed by atoms with Gasteiger partial charge in [-0.2, -0.15) is 0 Å². The average Bonchev–Trinajstić information content (AvgIpc) is 2.41. The summed E-state index contributed by atoms with van der Waals surface area (Å²) >= 11 is 6.13. The van der Waals surface area contributed by atoms with Gasteiger partial charge in [-0.1, -0.05) is 36.7 Å². The molecule has 1 N–H and O–H groups in total. The molecule has 0 aliphatic heterocycles. The van der Waals surface area contributed by atoms with Crippen LogP contribution in [-0.2, 0) is 6.54 Å². The Balaban J connectivity index is 2.16. The summed E-state index contributed by atoms with van der Waals surface area (Å²) in [7, 11) is 0. The molecule has 0 aromatic heterocycles. The lowest BCUT2D eigenvalue weighted by Gasteiger charge is -2.10. The van der Waals surface area contributed by atoms with Crippen LogP contribution in [0.4, 0.5) is 0 Å². The maximum Gasteiger partial charge on any atom is 0.146 e. The van der Waals surface area contributed by atoms with Gasteiger partial charge in [0.25, 0.3) is 0 Å². The summed E-state index contributed by atoms with van der Waals surface area (Å²) in [6, 6.07) is 13.8. The van der Waals surface area contributed by atoms with E-state index in [9.17, 15) is 0 Å². The maximum atomic E-state index is 6.13. The number of benzene rings is 2. The zero-order chi connectivity index (χ0) is 13.7. The summed E-state index contributed by atoms with van der Waals surface area (Å²) < 4.78 is 5.85. The molecule has 0 fully saturated rings. The average molecular weight is 276 g/mol. The first kappa shape index (κ1) is 13.9. The first-order valence-corrected chi connectivity index (χ1v) is 6.80. The van der Waals surface area contributed by atoms with Crippen molar-refractivity contribution in [1.82, 2.24) is 5.32 Å². The van der Waals surface area contributed by atoms with Gasteiger partial charge in [0.05, 0.1) is 5.02 Å². The summed E-state index contributed by atoms with van der Waals surface area (Å²) in [5, 5.41) is 3.92. The minimum absolute atomic E-state index is 0.627. The molecule has 0 amide bonds. The van der Waals surface area contributed by atoms with Gasteiger partial charge in [0.1, 0.15) is 11.5 Å². The van der Waals surface area contributed by atoms with Crippen LogP contribution >= 0.6 is 11.6 Å². The van der Waals surface area contributed by atoms with Gasteiger partial charge in [-0.3, -0.25) is 0 Å². The third kappa shape index (κ3) is 3.98. The molecule has 0 atom stereocenters. The Kier molecular flexibility index (Phi) is 4.83. The fourth-order valence-corrected chi connectivity index (χ4v) is 1.96. The third-order valence-corrected chi connectivity index (χ3v) is 3.10. The van der Waals surface area contributed by atoms with Crippen LogP contribution < -0.4 is 10.1 Å². The molecular formula is C16H18ClNO. The van der Waals surface area contributed by atoms with Gasteiger partial charge in [0, 0.05) is 6.54 Å². The molecule has 0 unspecified atom stereocenters. The predicted molar refractivity (Wildman–Crippen MR) is 80.1 cm³/mol. The van der Waals surface area contributed by atoms with Gasteiger partial charge in [0.2, 0.25) is 0 Å². The molecule has 0 saturated carbocycles. The molecular weight excluding hydrogens is 258 g/mol. The van der Waals surface area contributed by atoms with Crippen molar-refractivity contribution < 1.29 is 4.74 Å². The van der Waals surface area contributed by atoms with Crippen molar-refractivity contribution in [3.05, 3.63) is 58.6 Å². The van der Waals surface area contributed by atoms with Crippen LogP contribution in [0.15, 0.2) is 42.5 Å². The first-order chi connectivity index (χ1) is 9.19. The number of hydrogen-bond donors (Lipinski definition) is 1. The zero-order valence-corrected chi connectivity index (χ0v) is 12.0. The lowest BCUT2D eigenvalue weighted by atomic mass is 10.2. The maximum absolute atomic E-state index is 6.13. The Morgan fingerprint density at radius 2 is 2.00 bits per heavy atom. The summed E-state index contributed by atoms with van der Waals surface area (Å²) in [6.07, 6.45) is 0. The van der Waals surface area contributed by atoms with E-state index in [1.807, 2.05) is 43.3 Å². The van der Waals surface area contributed by atoms with Crippen molar-refractivity contribution in [3.8, 4) is 11.5 Å². The summed E-state index contributed by atoms with van der Waals surface area (Å²) in [4.78, 5) is 0. The van der Waals surface area contributed by atoms with Crippen molar-refractivity contribution >= 4 is 11.6 Å². The highest BCUT2D eigenvalue weighted by atomic mass is 35.5.